The van der Waals surface area contributed by atoms with Crippen LogP contribution in [0.3, 0.4) is 0 Å². The summed E-state index contributed by atoms with van der Waals surface area (Å²) in [4.78, 5) is 16.9. The molecule has 1 aromatic carbocycles. The van der Waals surface area contributed by atoms with Crippen molar-refractivity contribution in [3.8, 4) is 17.2 Å². The second kappa shape index (κ2) is 9.75. The predicted octanol–water partition coefficient (Wildman–Crippen LogP) is 3.30. The average Bonchev–Trinajstić information content (AvgIpc) is 3.06. The van der Waals surface area contributed by atoms with E-state index >= 15 is 0 Å². The first kappa shape index (κ1) is 21.7. The number of aromatic hydroxyl groups is 1. The minimum absolute atomic E-state index is 0.0820. The maximum absolute atomic E-state index is 12.4. The number of hydrogen-bond donors (Lipinski definition) is 1. The van der Waals surface area contributed by atoms with Gasteiger partial charge in [-0.3, -0.25) is 9.80 Å². The Morgan fingerprint density at radius 1 is 0.935 bits per heavy atom. The van der Waals surface area contributed by atoms with Crippen LogP contribution in [0.5, 0.6) is 17.2 Å². The number of methoxy groups -OCH3 is 2. The number of benzene rings is 1. The molecule has 0 radical (unpaired) electrons. The third kappa shape index (κ3) is 4.88. The molecule has 0 saturated carbocycles. The number of likely N-dealkylation sites (tertiary alicyclic amines) is 1. The number of fused-ring (bicyclic) bond motifs is 1. The molecule has 4 rings (SSSR count). The van der Waals surface area contributed by atoms with E-state index in [2.05, 4.69) is 9.80 Å². The van der Waals surface area contributed by atoms with Crippen molar-refractivity contribution in [2.75, 3.05) is 33.9 Å². The van der Waals surface area contributed by atoms with Crippen LogP contribution in [0.4, 0.5) is 0 Å². The highest BCUT2D eigenvalue weighted by atomic mass is 16.5. The van der Waals surface area contributed by atoms with Gasteiger partial charge >= 0.3 is 5.63 Å². The van der Waals surface area contributed by atoms with Gasteiger partial charge in [0.25, 0.3) is 0 Å². The summed E-state index contributed by atoms with van der Waals surface area (Å²) in [7, 11) is 3.27. The van der Waals surface area contributed by atoms with Gasteiger partial charge in [0.05, 0.1) is 19.8 Å². The predicted molar refractivity (Wildman–Crippen MR) is 118 cm³/mol. The van der Waals surface area contributed by atoms with E-state index in [-0.39, 0.29) is 5.75 Å². The van der Waals surface area contributed by atoms with Crippen LogP contribution in [0.2, 0.25) is 0 Å². The van der Waals surface area contributed by atoms with E-state index < -0.39 is 5.63 Å². The molecule has 2 aromatic rings. The fraction of sp³-hybridized carbons (Fsp3) is 0.542. The lowest BCUT2D eigenvalue weighted by molar-refractivity contribution is 0.233. The topological polar surface area (TPSA) is 75.4 Å². The highest BCUT2D eigenvalue weighted by molar-refractivity contribution is 5.48. The maximum atomic E-state index is 12.4. The fourth-order valence-electron chi connectivity index (χ4n) is 4.63. The van der Waals surface area contributed by atoms with Gasteiger partial charge in [-0.25, -0.2) is 4.79 Å². The van der Waals surface area contributed by atoms with Crippen molar-refractivity contribution in [1.82, 2.24) is 9.80 Å². The Kier molecular flexibility index (Phi) is 6.83. The van der Waals surface area contributed by atoms with Gasteiger partial charge in [0.1, 0.15) is 12.0 Å². The van der Waals surface area contributed by atoms with E-state index in [9.17, 15) is 9.90 Å². The van der Waals surface area contributed by atoms with Gasteiger partial charge in [0.2, 0.25) is 0 Å². The maximum Gasteiger partial charge on any atom is 0.343 e. The molecule has 0 spiro atoms. The smallest absolute Gasteiger partial charge is 0.343 e. The molecule has 0 amide bonds. The Bertz CT molecular complexity index is 963. The molecular formula is C24H32N2O5. The van der Waals surface area contributed by atoms with Gasteiger partial charge < -0.3 is 19.0 Å². The molecule has 31 heavy (non-hydrogen) atoms. The van der Waals surface area contributed by atoms with Crippen molar-refractivity contribution in [3.05, 3.63) is 51.1 Å². The summed E-state index contributed by atoms with van der Waals surface area (Å²) >= 11 is 0. The summed E-state index contributed by atoms with van der Waals surface area (Å²) in [5.74, 6) is 1.51. The SMILES string of the molecule is COc1cc2c(cc1OC)CN(Cc1c(O)c(CN3CCCCCC3)coc1=O)CC2. The molecule has 2 aliphatic rings. The van der Waals surface area contributed by atoms with Gasteiger partial charge in [0.15, 0.2) is 11.5 Å². The molecule has 1 N–H and O–H groups in total. The minimum Gasteiger partial charge on any atom is -0.507 e. The number of ether oxygens (including phenoxy) is 2. The number of nitrogens with zero attached hydrogens (tertiary/aromatic N) is 2. The van der Waals surface area contributed by atoms with Crippen molar-refractivity contribution in [2.24, 2.45) is 0 Å². The van der Waals surface area contributed by atoms with Gasteiger partial charge in [-0.15, -0.1) is 0 Å². The molecule has 1 aromatic heterocycles. The molecule has 7 nitrogen and oxygen atoms in total. The van der Waals surface area contributed by atoms with Crippen LogP contribution in [-0.4, -0.2) is 48.8 Å². The Balaban J connectivity index is 1.51. The second-order valence-electron chi connectivity index (χ2n) is 8.50. The minimum atomic E-state index is -0.463. The van der Waals surface area contributed by atoms with Gasteiger partial charge in [-0.2, -0.15) is 0 Å². The Hall–Kier alpha value is -2.51. The molecule has 0 atom stereocenters. The Labute approximate surface area is 183 Å². The van der Waals surface area contributed by atoms with Gasteiger partial charge in [-0.05, 0) is 55.6 Å². The Morgan fingerprint density at radius 2 is 1.61 bits per heavy atom. The van der Waals surface area contributed by atoms with Gasteiger partial charge in [0, 0.05) is 31.7 Å². The molecule has 0 unspecified atom stereocenters. The summed E-state index contributed by atoms with van der Waals surface area (Å²) in [6.07, 6.45) is 7.12. The zero-order chi connectivity index (χ0) is 21.8. The van der Waals surface area contributed by atoms with E-state index in [0.717, 1.165) is 37.4 Å². The van der Waals surface area contributed by atoms with E-state index in [4.69, 9.17) is 13.9 Å². The first-order chi connectivity index (χ1) is 15.1. The zero-order valence-electron chi connectivity index (χ0n) is 18.5. The van der Waals surface area contributed by atoms with Crippen LogP contribution >= 0.6 is 0 Å². The summed E-state index contributed by atoms with van der Waals surface area (Å²) in [6, 6.07) is 4.03. The normalized spacial score (nSPS) is 17.7. The molecule has 0 aliphatic carbocycles. The van der Waals surface area contributed by atoms with Crippen molar-refractivity contribution in [1.29, 1.82) is 0 Å². The van der Waals surface area contributed by atoms with Crippen molar-refractivity contribution in [3.63, 3.8) is 0 Å². The summed E-state index contributed by atoms with van der Waals surface area (Å²) in [5, 5.41) is 10.9. The first-order valence-electron chi connectivity index (χ1n) is 11.1. The van der Waals surface area contributed by atoms with Crippen molar-refractivity contribution < 1.29 is 19.0 Å². The third-order valence-electron chi connectivity index (χ3n) is 6.42. The zero-order valence-corrected chi connectivity index (χ0v) is 18.5. The monoisotopic (exact) mass is 428 g/mol. The molecular weight excluding hydrogens is 396 g/mol. The highest BCUT2D eigenvalue weighted by Gasteiger charge is 2.23. The molecule has 3 heterocycles. The van der Waals surface area contributed by atoms with Crippen LogP contribution in [0.1, 0.15) is 47.9 Å². The lowest BCUT2D eigenvalue weighted by Gasteiger charge is -2.29. The summed E-state index contributed by atoms with van der Waals surface area (Å²) < 4.78 is 16.2. The standard InChI is InChI=1S/C24H32N2O5/c1-29-21-11-17-7-10-26(13-18(17)12-22(21)30-2)15-20-23(27)19(16-31-24(20)28)14-25-8-5-3-4-6-9-25/h11-12,16,27H,3-10,13-15H2,1-2H3. The summed E-state index contributed by atoms with van der Waals surface area (Å²) in [5.41, 5.74) is 2.94. The fourth-order valence-corrected chi connectivity index (χ4v) is 4.63. The molecule has 1 saturated heterocycles. The van der Waals surface area contributed by atoms with E-state index in [1.54, 1.807) is 14.2 Å². The lowest BCUT2D eigenvalue weighted by Crippen LogP contribution is -2.32. The molecule has 1 fully saturated rings. The van der Waals surface area contributed by atoms with Crippen molar-refractivity contribution in [2.45, 2.75) is 51.7 Å². The van der Waals surface area contributed by atoms with Crippen LogP contribution in [-0.2, 0) is 26.1 Å². The van der Waals surface area contributed by atoms with E-state index in [1.165, 1.54) is 37.5 Å². The first-order valence-corrected chi connectivity index (χ1v) is 11.1. The van der Waals surface area contributed by atoms with E-state index in [0.29, 0.717) is 36.5 Å². The van der Waals surface area contributed by atoms with Crippen LogP contribution in [0.15, 0.2) is 27.6 Å². The Morgan fingerprint density at radius 3 is 2.29 bits per heavy atom. The lowest BCUT2D eigenvalue weighted by atomic mass is 9.98. The van der Waals surface area contributed by atoms with Crippen LogP contribution in [0.25, 0.3) is 0 Å². The summed E-state index contributed by atoms with van der Waals surface area (Å²) in [6.45, 7) is 4.46. The van der Waals surface area contributed by atoms with Crippen molar-refractivity contribution >= 4 is 0 Å². The third-order valence-corrected chi connectivity index (χ3v) is 6.42. The highest BCUT2D eigenvalue weighted by Crippen LogP contribution is 2.34. The number of hydrogen-bond acceptors (Lipinski definition) is 7. The molecule has 7 heteroatoms. The van der Waals surface area contributed by atoms with Crippen LogP contribution < -0.4 is 15.1 Å². The van der Waals surface area contributed by atoms with Crippen LogP contribution in [0, 0.1) is 0 Å². The second-order valence-corrected chi connectivity index (χ2v) is 8.50. The largest absolute Gasteiger partial charge is 0.507 e. The number of rotatable bonds is 6. The van der Waals surface area contributed by atoms with Gasteiger partial charge in [-0.1, -0.05) is 12.8 Å². The molecule has 2 aliphatic heterocycles. The quantitative estimate of drug-likeness (QED) is 0.757. The molecule has 0 bridgehead atoms. The average molecular weight is 429 g/mol. The molecule has 168 valence electrons. The van der Waals surface area contributed by atoms with E-state index in [1.807, 2.05) is 12.1 Å².